The molecule has 1 fully saturated rings. The van der Waals surface area contributed by atoms with Gasteiger partial charge in [0.1, 0.15) is 0 Å². The topological polar surface area (TPSA) is 135 Å². The largest absolute Gasteiger partial charge is 0.364 e. The van der Waals surface area contributed by atoms with E-state index in [2.05, 4.69) is 32.2 Å². The number of benzene rings is 1. The summed E-state index contributed by atoms with van der Waals surface area (Å²) in [5, 5.41) is 15.5. The molecule has 33 heavy (non-hydrogen) atoms. The SMILES string of the molecule is C=CC(=O)N1CC[C@@H](N(Cc2ccccc2)c2nnc(C(N)=O)c(Nc3cnn(C)c3)n2)C1. The molecule has 2 amide bonds. The maximum atomic E-state index is 12.1. The van der Waals surface area contributed by atoms with Crippen molar-refractivity contribution in [1.29, 1.82) is 0 Å². The summed E-state index contributed by atoms with van der Waals surface area (Å²) in [4.78, 5) is 32.4. The molecule has 0 saturated carbocycles. The number of amides is 2. The number of rotatable bonds is 8. The van der Waals surface area contributed by atoms with E-state index in [1.807, 2.05) is 35.2 Å². The molecule has 1 aliphatic rings. The highest BCUT2D eigenvalue weighted by Gasteiger charge is 2.32. The van der Waals surface area contributed by atoms with E-state index in [4.69, 9.17) is 5.73 Å². The second-order valence-corrected chi connectivity index (χ2v) is 7.75. The standard InChI is InChI=1S/C22H25N9O2/c1-3-18(32)30-10-9-17(14-30)31(12-15-7-5-4-6-8-15)22-26-21(19(20(23)33)27-28-22)25-16-11-24-29(2)13-16/h3-8,11,13,17H,1,9-10,12,14H2,2H3,(H2,23,33)(H,25,26,28)/t17-/m1/s1. The zero-order valence-corrected chi connectivity index (χ0v) is 18.3. The predicted molar refractivity (Wildman–Crippen MR) is 123 cm³/mol. The van der Waals surface area contributed by atoms with Crippen molar-refractivity contribution in [2.45, 2.75) is 19.0 Å². The van der Waals surface area contributed by atoms with Crippen LogP contribution in [-0.2, 0) is 18.4 Å². The summed E-state index contributed by atoms with van der Waals surface area (Å²) in [5.74, 6) is -0.339. The molecule has 1 atom stereocenters. The van der Waals surface area contributed by atoms with Crippen LogP contribution in [0.25, 0.3) is 0 Å². The normalized spacial score (nSPS) is 15.3. The van der Waals surface area contributed by atoms with Crippen molar-refractivity contribution in [2.75, 3.05) is 23.3 Å². The summed E-state index contributed by atoms with van der Waals surface area (Å²) in [6.45, 7) is 5.20. The van der Waals surface area contributed by atoms with Gasteiger partial charge in [-0.1, -0.05) is 36.9 Å². The third-order valence-electron chi connectivity index (χ3n) is 5.42. The molecular weight excluding hydrogens is 422 g/mol. The molecule has 1 aromatic carbocycles. The molecule has 4 rings (SSSR count). The third kappa shape index (κ3) is 4.97. The molecule has 1 aliphatic heterocycles. The van der Waals surface area contributed by atoms with Gasteiger partial charge in [0.15, 0.2) is 11.5 Å². The Morgan fingerprint density at radius 2 is 2.09 bits per heavy atom. The fourth-order valence-electron chi connectivity index (χ4n) is 3.78. The predicted octanol–water partition coefficient (Wildman–Crippen LogP) is 1.24. The Hall–Kier alpha value is -4.28. The van der Waals surface area contributed by atoms with Gasteiger partial charge in [0.05, 0.1) is 17.9 Å². The van der Waals surface area contributed by atoms with Gasteiger partial charge < -0.3 is 20.9 Å². The van der Waals surface area contributed by atoms with E-state index in [1.165, 1.54) is 6.08 Å². The molecule has 1 saturated heterocycles. The molecule has 3 N–H and O–H groups in total. The van der Waals surface area contributed by atoms with E-state index in [0.717, 1.165) is 12.0 Å². The molecule has 2 aromatic heterocycles. The van der Waals surface area contributed by atoms with Gasteiger partial charge in [0.2, 0.25) is 11.9 Å². The molecule has 170 valence electrons. The summed E-state index contributed by atoms with van der Waals surface area (Å²) in [7, 11) is 1.78. The van der Waals surface area contributed by atoms with Crippen LogP contribution in [0.2, 0.25) is 0 Å². The molecule has 3 aromatic rings. The van der Waals surface area contributed by atoms with E-state index in [9.17, 15) is 9.59 Å². The van der Waals surface area contributed by atoms with Gasteiger partial charge >= 0.3 is 0 Å². The number of hydrogen-bond acceptors (Lipinski definition) is 8. The number of anilines is 3. The van der Waals surface area contributed by atoms with Crippen LogP contribution >= 0.6 is 0 Å². The lowest BCUT2D eigenvalue weighted by atomic mass is 10.1. The van der Waals surface area contributed by atoms with Crippen LogP contribution in [0.3, 0.4) is 0 Å². The van der Waals surface area contributed by atoms with Crippen molar-refractivity contribution in [3.8, 4) is 0 Å². The number of likely N-dealkylation sites (tertiary alicyclic amines) is 1. The second kappa shape index (κ2) is 9.47. The van der Waals surface area contributed by atoms with Crippen LogP contribution in [0, 0.1) is 0 Å². The summed E-state index contributed by atoms with van der Waals surface area (Å²) in [6, 6.07) is 9.84. The van der Waals surface area contributed by atoms with Gasteiger partial charge in [-0.2, -0.15) is 10.1 Å². The minimum atomic E-state index is -0.744. The number of hydrogen-bond donors (Lipinski definition) is 2. The van der Waals surface area contributed by atoms with Gasteiger partial charge in [-0.15, -0.1) is 10.2 Å². The summed E-state index contributed by atoms with van der Waals surface area (Å²) >= 11 is 0. The first-order chi connectivity index (χ1) is 15.9. The lowest BCUT2D eigenvalue weighted by Gasteiger charge is -2.29. The van der Waals surface area contributed by atoms with E-state index in [1.54, 1.807) is 29.0 Å². The van der Waals surface area contributed by atoms with E-state index < -0.39 is 5.91 Å². The molecule has 0 radical (unpaired) electrons. The maximum Gasteiger partial charge on any atom is 0.273 e. The highest BCUT2D eigenvalue weighted by atomic mass is 16.2. The lowest BCUT2D eigenvalue weighted by molar-refractivity contribution is -0.125. The number of carbonyl (C=O) groups is 2. The first-order valence-corrected chi connectivity index (χ1v) is 10.5. The highest BCUT2D eigenvalue weighted by molar-refractivity contribution is 5.96. The fraction of sp³-hybridized carbons (Fsp3) is 0.273. The van der Waals surface area contributed by atoms with Crippen LogP contribution in [-0.4, -0.2) is 60.8 Å². The van der Waals surface area contributed by atoms with Gasteiger partial charge in [-0.25, -0.2) is 0 Å². The summed E-state index contributed by atoms with van der Waals surface area (Å²) in [6.07, 6.45) is 5.40. The number of primary amides is 1. The van der Waals surface area contributed by atoms with Crippen molar-refractivity contribution in [1.82, 2.24) is 29.9 Å². The van der Waals surface area contributed by atoms with Gasteiger partial charge in [0, 0.05) is 32.9 Å². The number of aryl methyl sites for hydroxylation is 1. The maximum absolute atomic E-state index is 12.1. The van der Waals surface area contributed by atoms with Crippen LogP contribution in [0.4, 0.5) is 17.5 Å². The smallest absolute Gasteiger partial charge is 0.273 e. The average Bonchev–Trinajstić information content (AvgIpc) is 3.46. The summed E-state index contributed by atoms with van der Waals surface area (Å²) in [5.41, 5.74) is 7.11. The molecule has 0 spiro atoms. The number of carbonyl (C=O) groups excluding carboxylic acids is 2. The fourth-order valence-corrected chi connectivity index (χ4v) is 3.78. The molecule has 0 unspecified atom stereocenters. The Balaban J connectivity index is 1.69. The lowest BCUT2D eigenvalue weighted by Crippen LogP contribution is -2.39. The highest BCUT2D eigenvalue weighted by Crippen LogP contribution is 2.25. The van der Waals surface area contributed by atoms with E-state index in [-0.39, 0.29) is 23.5 Å². The molecule has 11 heteroatoms. The molecule has 0 aliphatic carbocycles. The first-order valence-electron chi connectivity index (χ1n) is 10.5. The summed E-state index contributed by atoms with van der Waals surface area (Å²) < 4.78 is 1.62. The Bertz CT molecular complexity index is 1160. The van der Waals surface area contributed by atoms with Crippen molar-refractivity contribution in [3.05, 3.63) is 66.6 Å². The number of nitrogens with zero attached hydrogens (tertiary/aromatic N) is 7. The number of nitrogens with two attached hydrogens (primary N) is 1. The zero-order chi connectivity index (χ0) is 23.4. The Morgan fingerprint density at radius 1 is 1.30 bits per heavy atom. The monoisotopic (exact) mass is 447 g/mol. The van der Waals surface area contributed by atoms with Gasteiger partial charge in [-0.05, 0) is 18.1 Å². The van der Waals surface area contributed by atoms with Crippen molar-refractivity contribution < 1.29 is 9.59 Å². The van der Waals surface area contributed by atoms with Crippen LogP contribution in [0.1, 0.15) is 22.5 Å². The zero-order valence-electron chi connectivity index (χ0n) is 18.3. The third-order valence-corrected chi connectivity index (χ3v) is 5.42. The van der Waals surface area contributed by atoms with Gasteiger partial charge in [0.25, 0.3) is 5.91 Å². The van der Waals surface area contributed by atoms with Crippen LogP contribution in [0.5, 0.6) is 0 Å². The minimum Gasteiger partial charge on any atom is -0.364 e. The molecular formula is C22H25N9O2. The Labute approximate surface area is 190 Å². The second-order valence-electron chi connectivity index (χ2n) is 7.75. The van der Waals surface area contributed by atoms with Crippen LogP contribution < -0.4 is 16.0 Å². The van der Waals surface area contributed by atoms with Crippen molar-refractivity contribution in [3.63, 3.8) is 0 Å². The molecule has 3 heterocycles. The van der Waals surface area contributed by atoms with Crippen LogP contribution in [0.15, 0.2) is 55.4 Å². The van der Waals surface area contributed by atoms with Crippen molar-refractivity contribution in [2.24, 2.45) is 12.8 Å². The number of aromatic nitrogens is 5. The van der Waals surface area contributed by atoms with E-state index >= 15 is 0 Å². The first kappa shape index (κ1) is 21.9. The Kier molecular flexibility index (Phi) is 6.29. The van der Waals surface area contributed by atoms with E-state index in [0.29, 0.717) is 31.3 Å². The van der Waals surface area contributed by atoms with Crippen molar-refractivity contribution >= 4 is 29.3 Å². The quantitative estimate of drug-likeness (QED) is 0.493. The average molecular weight is 448 g/mol. The molecule has 11 nitrogen and oxygen atoms in total. The number of nitrogens with one attached hydrogen (secondary N) is 1. The minimum absolute atomic E-state index is 0.0402. The Morgan fingerprint density at radius 3 is 2.76 bits per heavy atom. The molecule has 0 bridgehead atoms. The van der Waals surface area contributed by atoms with Gasteiger partial charge in [-0.3, -0.25) is 14.3 Å².